The number of rotatable bonds is 15. The number of carbonyl (C=O) groups excluding carboxylic acids is 1. The summed E-state index contributed by atoms with van der Waals surface area (Å²) >= 11 is 1.63. The van der Waals surface area contributed by atoms with E-state index in [2.05, 4.69) is 34.8 Å². The summed E-state index contributed by atoms with van der Waals surface area (Å²) in [6.45, 7) is 11.4. The Kier molecular flexibility index (Phi) is 14.2. The Bertz CT molecular complexity index is 1170. The lowest BCUT2D eigenvalue weighted by molar-refractivity contribution is -0.142. The monoisotopic (exact) mass is 611 g/mol. The van der Waals surface area contributed by atoms with Crippen LogP contribution in [0.2, 0.25) is 0 Å². The van der Waals surface area contributed by atoms with Gasteiger partial charge in [-0.15, -0.1) is 11.8 Å². The average Bonchev–Trinajstić information content (AvgIpc) is 3.66. The Labute approximate surface area is 260 Å². The van der Waals surface area contributed by atoms with Crippen molar-refractivity contribution in [3.63, 3.8) is 0 Å². The smallest absolute Gasteiger partial charge is 0.326 e. The van der Waals surface area contributed by atoms with Gasteiger partial charge in [-0.25, -0.2) is 4.79 Å². The molecular formula is C33H49N5O4S. The number of aliphatic carboxylic acids is 1. The second kappa shape index (κ2) is 17.8. The van der Waals surface area contributed by atoms with Crippen LogP contribution in [0.25, 0.3) is 0 Å². The molecular weight excluding hydrogens is 562 g/mol. The van der Waals surface area contributed by atoms with E-state index >= 15 is 0 Å². The third-order valence-electron chi connectivity index (χ3n) is 7.65. The lowest BCUT2D eigenvalue weighted by Crippen LogP contribution is -2.50. The Morgan fingerprint density at radius 3 is 2.47 bits per heavy atom. The molecule has 1 amide bonds. The number of thioether (sulfide) groups is 1. The van der Waals surface area contributed by atoms with Gasteiger partial charge in [0.15, 0.2) is 0 Å². The first-order valence-electron chi connectivity index (χ1n) is 15.2. The van der Waals surface area contributed by atoms with E-state index in [4.69, 9.17) is 10.5 Å². The zero-order chi connectivity index (χ0) is 31.2. The van der Waals surface area contributed by atoms with Crippen molar-refractivity contribution in [2.24, 2.45) is 5.73 Å². The number of amides is 1. The standard InChI is InChI=1S/C26H39N5O3S.C7H10O/c1-17(2)24(27)28-13-4-3-8-21(19-6-5-7-19)30-20-11-9-18(10-12-20)14-22(26(33)34)31-25(32)23-15-35-16-29-23;1-3-4-6(2)7-5-8-7/h9-12,22-23,28-30H,3-8,13-16,27H2,1-2H3,(H,31,32)(H,33,34);3-4,7H,1,5H2,2H3/b;6-4+. The highest BCUT2D eigenvalue weighted by Gasteiger charge is 2.27. The summed E-state index contributed by atoms with van der Waals surface area (Å²) in [6, 6.07) is 6.57. The maximum Gasteiger partial charge on any atom is 0.326 e. The molecule has 2 aliphatic heterocycles. The van der Waals surface area contributed by atoms with Gasteiger partial charge in [0.2, 0.25) is 5.91 Å². The van der Waals surface area contributed by atoms with E-state index in [0.29, 0.717) is 17.7 Å². The van der Waals surface area contributed by atoms with Gasteiger partial charge in [-0.1, -0.05) is 36.4 Å². The first-order valence-corrected chi connectivity index (χ1v) is 16.3. The number of carbonyl (C=O) groups is 2. The minimum absolute atomic E-state index is 0.247. The highest BCUT2D eigenvalue weighted by Crippen LogP contribution is 2.31. The minimum atomic E-state index is -1.02. The van der Waals surface area contributed by atoms with E-state index < -0.39 is 12.0 Å². The van der Waals surface area contributed by atoms with E-state index in [9.17, 15) is 14.7 Å². The van der Waals surface area contributed by atoms with Crippen LogP contribution < -0.4 is 27.0 Å². The van der Waals surface area contributed by atoms with Crippen LogP contribution in [-0.2, 0) is 20.7 Å². The Balaban J connectivity index is 0.000000546. The van der Waals surface area contributed by atoms with Gasteiger partial charge < -0.3 is 31.5 Å². The van der Waals surface area contributed by atoms with Crippen LogP contribution in [0.1, 0.15) is 64.9 Å². The fourth-order valence-electron chi connectivity index (χ4n) is 4.58. The van der Waals surface area contributed by atoms with Gasteiger partial charge in [-0.2, -0.15) is 0 Å². The van der Waals surface area contributed by atoms with Gasteiger partial charge in [0.25, 0.3) is 0 Å². The van der Waals surface area contributed by atoms with Crippen molar-refractivity contribution in [1.29, 1.82) is 0 Å². The minimum Gasteiger partial charge on any atom is -0.480 e. The molecule has 3 aliphatic rings. The number of carboxylic acid groups (broad SMARTS) is 1. The van der Waals surface area contributed by atoms with Crippen molar-refractivity contribution in [2.75, 3.05) is 30.1 Å². The molecule has 4 rings (SSSR count). The summed E-state index contributed by atoms with van der Waals surface area (Å²) in [6.07, 6.45) is 11.1. The second-order valence-corrected chi connectivity index (χ2v) is 12.4. The number of allylic oxidation sites excluding steroid dienone is 5. The molecule has 0 radical (unpaired) electrons. The topological polar surface area (TPSA) is 141 Å². The Hall–Kier alpha value is -3.21. The largest absolute Gasteiger partial charge is 0.480 e. The molecule has 1 aromatic rings. The van der Waals surface area contributed by atoms with E-state index in [1.807, 2.05) is 44.2 Å². The number of hydrogen-bond donors (Lipinski definition) is 6. The summed E-state index contributed by atoms with van der Waals surface area (Å²) in [4.78, 5) is 24.1. The number of hydrogen-bond acceptors (Lipinski definition) is 8. The fourth-order valence-corrected chi connectivity index (χ4v) is 5.53. The number of carboxylic acids is 1. The Morgan fingerprint density at radius 2 is 1.93 bits per heavy atom. The number of unbranched alkanes of at least 4 members (excludes halogenated alkanes) is 1. The third-order valence-corrected chi connectivity index (χ3v) is 8.59. The molecule has 3 fully saturated rings. The number of nitrogens with one attached hydrogen (secondary N) is 4. The SMILES string of the molecule is C=C/C=C(\C)C1CO1.CC(C)=C(N)NCCCCC(Nc1ccc(CC(NC(=O)C2CSCN2)C(=O)O)cc1)=C1CCC1. The number of benzene rings is 1. The van der Waals surface area contributed by atoms with Crippen molar-refractivity contribution in [3.05, 3.63) is 76.8 Å². The molecule has 0 bridgehead atoms. The summed E-state index contributed by atoms with van der Waals surface area (Å²) in [5.41, 5.74) is 13.0. The molecule has 43 heavy (non-hydrogen) atoms. The maximum absolute atomic E-state index is 12.3. The molecule has 1 aromatic carbocycles. The molecule has 0 aromatic heterocycles. The summed E-state index contributed by atoms with van der Waals surface area (Å²) < 4.78 is 5.01. The van der Waals surface area contributed by atoms with Gasteiger partial charge >= 0.3 is 5.97 Å². The van der Waals surface area contributed by atoms with Crippen LogP contribution in [0.3, 0.4) is 0 Å². The predicted octanol–water partition coefficient (Wildman–Crippen LogP) is 4.80. The zero-order valence-corrected chi connectivity index (χ0v) is 26.7. The second-order valence-electron chi connectivity index (χ2n) is 11.4. The zero-order valence-electron chi connectivity index (χ0n) is 25.8. The quantitative estimate of drug-likeness (QED) is 0.0937. The van der Waals surface area contributed by atoms with Crippen molar-refractivity contribution in [2.45, 2.75) is 83.9 Å². The summed E-state index contributed by atoms with van der Waals surface area (Å²) in [5, 5.41) is 22.2. The maximum atomic E-state index is 12.3. The van der Waals surface area contributed by atoms with Crippen LogP contribution in [0, 0.1) is 0 Å². The lowest BCUT2D eigenvalue weighted by atomic mass is 9.89. The van der Waals surface area contributed by atoms with E-state index in [-0.39, 0.29) is 18.4 Å². The van der Waals surface area contributed by atoms with Gasteiger partial charge in [0.1, 0.15) is 12.1 Å². The first-order chi connectivity index (χ1) is 20.7. The van der Waals surface area contributed by atoms with Gasteiger partial charge in [0.05, 0.1) is 18.5 Å². The molecule has 2 saturated heterocycles. The van der Waals surface area contributed by atoms with Gasteiger partial charge in [-0.05, 0) is 88.1 Å². The van der Waals surface area contributed by atoms with Gasteiger partial charge in [0, 0.05) is 36.0 Å². The van der Waals surface area contributed by atoms with Crippen LogP contribution in [0.5, 0.6) is 0 Å². The van der Waals surface area contributed by atoms with Crippen LogP contribution >= 0.6 is 11.8 Å². The highest BCUT2D eigenvalue weighted by molar-refractivity contribution is 7.99. The molecule has 3 unspecified atom stereocenters. The molecule has 9 nitrogen and oxygen atoms in total. The first kappa shape index (κ1) is 34.3. The van der Waals surface area contributed by atoms with Crippen LogP contribution in [0.4, 0.5) is 5.69 Å². The molecule has 10 heteroatoms. The normalized spacial score (nSPS) is 19.6. The van der Waals surface area contributed by atoms with Crippen LogP contribution in [0.15, 0.2) is 71.2 Å². The van der Waals surface area contributed by atoms with E-state index in [1.54, 1.807) is 17.8 Å². The highest BCUT2D eigenvalue weighted by atomic mass is 32.2. The summed E-state index contributed by atoms with van der Waals surface area (Å²) in [5.74, 6) is 0.861. The third kappa shape index (κ3) is 12.1. The van der Waals surface area contributed by atoms with Crippen molar-refractivity contribution in [1.82, 2.24) is 16.0 Å². The molecule has 1 saturated carbocycles. The molecule has 7 N–H and O–H groups in total. The molecule has 1 aliphatic carbocycles. The molecule has 236 valence electrons. The fraction of sp³-hybridized carbons (Fsp3) is 0.515. The molecule has 2 heterocycles. The van der Waals surface area contributed by atoms with Crippen molar-refractivity contribution >= 4 is 29.3 Å². The van der Waals surface area contributed by atoms with Crippen molar-refractivity contribution < 1.29 is 19.4 Å². The van der Waals surface area contributed by atoms with Gasteiger partial charge in [-0.3, -0.25) is 10.1 Å². The average molecular weight is 612 g/mol. The Morgan fingerprint density at radius 1 is 1.21 bits per heavy atom. The molecule has 3 atom stereocenters. The number of anilines is 1. The van der Waals surface area contributed by atoms with E-state index in [0.717, 1.165) is 67.9 Å². The number of nitrogens with two attached hydrogens (primary N) is 1. The van der Waals surface area contributed by atoms with Crippen LogP contribution in [-0.4, -0.2) is 60.0 Å². The summed E-state index contributed by atoms with van der Waals surface area (Å²) in [7, 11) is 0. The predicted molar refractivity (Wildman–Crippen MR) is 177 cm³/mol. The number of ether oxygens (including phenoxy) is 1. The van der Waals surface area contributed by atoms with Crippen molar-refractivity contribution in [3.8, 4) is 0 Å². The number of epoxide rings is 1. The lowest BCUT2D eigenvalue weighted by Gasteiger charge is -2.24. The molecule has 0 spiro atoms. The van der Waals surface area contributed by atoms with E-state index in [1.165, 1.54) is 23.3 Å².